The van der Waals surface area contributed by atoms with Crippen LogP contribution in [0.4, 0.5) is 0 Å². The predicted molar refractivity (Wildman–Crippen MR) is 129 cm³/mol. The lowest BCUT2D eigenvalue weighted by Crippen LogP contribution is -2.29. The fraction of sp³-hybridized carbons (Fsp3) is 0.222. The molecule has 170 valence electrons. The highest BCUT2D eigenvalue weighted by molar-refractivity contribution is 6.00. The van der Waals surface area contributed by atoms with Crippen LogP contribution in [0.1, 0.15) is 43.2 Å². The third-order valence-electron chi connectivity index (χ3n) is 5.17. The quantitative estimate of drug-likeness (QED) is 0.476. The number of aromatic nitrogens is 1. The Balaban J connectivity index is 2.11. The predicted octanol–water partition coefficient (Wildman–Crippen LogP) is 4.96. The Bertz CT molecular complexity index is 1250. The van der Waals surface area contributed by atoms with Crippen molar-refractivity contribution in [2.75, 3.05) is 0 Å². The second-order valence-electron chi connectivity index (χ2n) is 8.39. The lowest BCUT2D eigenvalue weighted by Gasteiger charge is -2.16. The second kappa shape index (κ2) is 9.79. The van der Waals surface area contributed by atoms with Gasteiger partial charge >= 0.3 is 5.97 Å². The number of fused-ring (bicyclic) bond motifs is 1. The second-order valence-corrected chi connectivity index (χ2v) is 8.39. The number of nitrogens with zero attached hydrogens (tertiary/aromatic N) is 1. The van der Waals surface area contributed by atoms with Crippen molar-refractivity contribution in [1.82, 2.24) is 4.98 Å². The van der Waals surface area contributed by atoms with Crippen LogP contribution < -0.4 is 4.74 Å². The molecule has 2 N–H and O–H groups in total. The minimum absolute atomic E-state index is 0.218. The molecule has 3 rings (SSSR count). The van der Waals surface area contributed by atoms with E-state index < -0.39 is 17.4 Å². The SMILES string of the molecule is C/C(=C\c1ccc2nc(C=CC(=O)C(C)(C)O)c(C)c(OCc3ccccc3)c2c1)C(=O)O. The number of rotatable bonds is 8. The first-order valence-electron chi connectivity index (χ1n) is 10.5. The van der Waals surface area contributed by atoms with Gasteiger partial charge in [-0.15, -0.1) is 0 Å². The van der Waals surface area contributed by atoms with E-state index in [1.54, 1.807) is 24.3 Å². The largest absolute Gasteiger partial charge is 0.488 e. The number of aliphatic carboxylic acids is 1. The van der Waals surface area contributed by atoms with Gasteiger partial charge in [0.2, 0.25) is 0 Å². The van der Waals surface area contributed by atoms with E-state index in [-0.39, 0.29) is 5.57 Å². The van der Waals surface area contributed by atoms with Gasteiger partial charge in [-0.1, -0.05) is 36.4 Å². The minimum atomic E-state index is -1.48. The van der Waals surface area contributed by atoms with Gasteiger partial charge in [-0.3, -0.25) is 4.79 Å². The first-order chi connectivity index (χ1) is 15.6. The summed E-state index contributed by atoms with van der Waals surface area (Å²) in [7, 11) is 0. The zero-order valence-electron chi connectivity index (χ0n) is 19.1. The van der Waals surface area contributed by atoms with E-state index in [0.29, 0.717) is 29.1 Å². The molecular formula is C27H27NO5. The third-order valence-corrected chi connectivity index (χ3v) is 5.17. The van der Waals surface area contributed by atoms with E-state index in [4.69, 9.17) is 4.74 Å². The first kappa shape index (κ1) is 23.9. The van der Waals surface area contributed by atoms with Crippen molar-refractivity contribution in [3.63, 3.8) is 0 Å². The van der Waals surface area contributed by atoms with Gasteiger partial charge in [0.05, 0.1) is 11.2 Å². The Morgan fingerprint density at radius 2 is 1.82 bits per heavy atom. The van der Waals surface area contributed by atoms with Gasteiger partial charge < -0.3 is 14.9 Å². The van der Waals surface area contributed by atoms with Crippen molar-refractivity contribution in [1.29, 1.82) is 0 Å². The minimum Gasteiger partial charge on any atom is -0.488 e. The number of ether oxygens (including phenoxy) is 1. The number of carboxylic acids is 1. The molecule has 2 aromatic carbocycles. The normalized spacial score (nSPS) is 12.3. The van der Waals surface area contributed by atoms with Crippen LogP contribution in [0, 0.1) is 6.92 Å². The van der Waals surface area contributed by atoms with Gasteiger partial charge in [-0.25, -0.2) is 9.78 Å². The number of ketones is 1. The van der Waals surface area contributed by atoms with Crippen LogP contribution in [0.5, 0.6) is 5.75 Å². The molecule has 33 heavy (non-hydrogen) atoms. The Morgan fingerprint density at radius 1 is 1.12 bits per heavy atom. The molecule has 0 aliphatic rings. The summed E-state index contributed by atoms with van der Waals surface area (Å²) in [5.74, 6) is -0.815. The number of carboxylic acid groups (broad SMARTS) is 1. The molecule has 0 aliphatic heterocycles. The molecule has 1 heterocycles. The molecule has 6 heteroatoms. The first-order valence-corrected chi connectivity index (χ1v) is 10.5. The van der Waals surface area contributed by atoms with Crippen LogP contribution in [0.2, 0.25) is 0 Å². The molecule has 1 aromatic heterocycles. The highest BCUT2D eigenvalue weighted by Gasteiger charge is 2.21. The molecule has 0 fully saturated rings. The number of carbonyl (C=O) groups excluding carboxylic acids is 1. The molecule has 0 aliphatic carbocycles. The Hall–Kier alpha value is -3.77. The van der Waals surface area contributed by atoms with Crippen molar-refractivity contribution in [3.05, 3.63) is 82.6 Å². The highest BCUT2D eigenvalue weighted by atomic mass is 16.5. The number of aliphatic hydroxyl groups is 1. The molecule has 0 saturated carbocycles. The molecule has 0 amide bonds. The van der Waals surface area contributed by atoms with E-state index in [0.717, 1.165) is 16.5 Å². The van der Waals surface area contributed by atoms with E-state index in [9.17, 15) is 19.8 Å². The number of benzene rings is 2. The highest BCUT2D eigenvalue weighted by Crippen LogP contribution is 2.33. The Labute approximate surface area is 192 Å². The molecule has 0 bridgehead atoms. The Kier molecular flexibility index (Phi) is 7.09. The van der Waals surface area contributed by atoms with Crippen LogP contribution in [-0.4, -0.2) is 32.6 Å². The van der Waals surface area contributed by atoms with E-state index >= 15 is 0 Å². The van der Waals surface area contributed by atoms with Crippen LogP contribution in [-0.2, 0) is 16.2 Å². The summed E-state index contributed by atoms with van der Waals surface area (Å²) in [4.78, 5) is 28.1. The van der Waals surface area contributed by atoms with Crippen molar-refractivity contribution in [2.24, 2.45) is 0 Å². The standard InChI is InChI=1S/C27H27NO5/c1-17(26(30)31)14-20-10-11-23-21(15-20)25(33-16-19-8-6-5-7-9-19)18(2)22(28-23)12-13-24(29)27(3,4)32/h5-15,32H,16H2,1-4H3,(H,30,31)/b13-12?,17-14+. The maximum Gasteiger partial charge on any atom is 0.331 e. The molecule has 0 spiro atoms. The van der Waals surface area contributed by atoms with Gasteiger partial charge in [-0.2, -0.15) is 0 Å². The van der Waals surface area contributed by atoms with Gasteiger partial charge in [0, 0.05) is 16.5 Å². The average molecular weight is 446 g/mol. The number of pyridine rings is 1. The topological polar surface area (TPSA) is 96.7 Å². The lowest BCUT2D eigenvalue weighted by atomic mass is 10.0. The van der Waals surface area contributed by atoms with Crippen LogP contribution in [0.15, 0.2) is 60.2 Å². The van der Waals surface area contributed by atoms with Crippen molar-refractivity contribution in [2.45, 2.75) is 39.9 Å². The smallest absolute Gasteiger partial charge is 0.331 e. The summed E-state index contributed by atoms with van der Waals surface area (Å²) >= 11 is 0. The monoisotopic (exact) mass is 445 g/mol. The summed E-state index contributed by atoms with van der Waals surface area (Å²) in [6.45, 7) is 6.59. The average Bonchev–Trinajstić information content (AvgIpc) is 2.77. The van der Waals surface area contributed by atoms with Crippen LogP contribution in [0.25, 0.3) is 23.1 Å². The molecule has 6 nitrogen and oxygen atoms in total. The van der Waals surface area contributed by atoms with Crippen LogP contribution >= 0.6 is 0 Å². The lowest BCUT2D eigenvalue weighted by molar-refractivity contribution is -0.132. The summed E-state index contributed by atoms with van der Waals surface area (Å²) in [5, 5.41) is 19.9. The molecule has 0 atom stereocenters. The third kappa shape index (κ3) is 5.93. The molecule has 3 aromatic rings. The Morgan fingerprint density at radius 3 is 2.45 bits per heavy atom. The molecule has 0 saturated heterocycles. The van der Waals surface area contributed by atoms with Gasteiger partial charge in [0.15, 0.2) is 5.78 Å². The van der Waals surface area contributed by atoms with Gasteiger partial charge in [0.25, 0.3) is 0 Å². The maximum absolute atomic E-state index is 12.2. The van der Waals surface area contributed by atoms with E-state index in [1.165, 1.54) is 26.8 Å². The number of hydrogen-bond donors (Lipinski definition) is 2. The summed E-state index contributed by atoms with van der Waals surface area (Å²) in [5.41, 5.74) is 2.38. The van der Waals surface area contributed by atoms with E-state index in [2.05, 4.69) is 4.98 Å². The molecule has 0 unspecified atom stereocenters. The summed E-state index contributed by atoms with van der Waals surface area (Å²) < 4.78 is 6.21. The van der Waals surface area contributed by atoms with E-state index in [1.807, 2.05) is 43.3 Å². The molecular weight excluding hydrogens is 418 g/mol. The van der Waals surface area contributed by atoms with Gasteiger partial charge in [-0.05, 0) is 69.2 Å². The summed E-state index contributed by atoms with van der Waals surface area (Å²) in [6.07, 6.45) is 4.48. The molecule has 0 radical (unpaired) electrons. The number of carbonyl (C=O) groups is 2. The zero-order chi connectivity index (χ0) is 24.2. The van der Waals surface area contributed by atoms with Crippen molar-refractivity contribution in [3.8, 4) is 5.75 Å². The maximum atomic E-state index is 12.2. The van der Waals surface area contributed by atoms with Crippen LogP contribution in [0.3, 0.4) is 0 Å². The fourth-order valence-electron chi connectivity index (χ4n) is 3.20. The summed E-state index contributed by atoms with van der Waals surface area (Å²) in [6, 6.07) is 15.2. The van der Waals surface area contributed by atoms with Crippen molar-refractivity contribution >= 4 is 34.8 Å². The zero-order valence-corrected chi connectivity index (χ0v) is 19.1. The van der Waals surface area contributed by atoms with Crippen molar-refractivity contribution < 1.29 is 24.5 Å². The van der Waals surface area contributed by atoms with Gasteiger partial charge in [0.1, 0.15) is 18.0 Å². The fourth-order valence-corrected chi connectivity index (χ4v) is 3.20. The number of hydrogen-bond acceptors (Lipinski definition) is 5.